The van der Waals surface area contributed by atoms with Gasteiger partial charge in [-0.05, 0) is 43.3 Å². The van der Waals surface area contributed by atoms with Crippen molar-refractivity contribution in [2.45, 2.75) is 6.92 Å². The highest BCUT2D eigenvalue weighted by Gasteiger charge is 2.08. The van der Waals surface area contributed by atoms with E-state index in [0.717, 1.165) is 20.9 Å². The van der Waals surface area contributed by atoms with Gasteiger partial charge in [-0.2, -0.15) is 0 Å². The third-order valence-corrected chi connectivity index (χ3v) is 4.01. The average Bonchev–Trinajstić information content (AvgIpc) is 2.78. The van der Waals surface area contributed by atoms with E-state index in [1.54, 1.807) is 35.6 Å². The van der Waals surface area contributed by atoms with Crippen molar-refractivity contribution in [1.82, 2.24) is 4.98 Å². The fourth-order valence-corrected chi connectivity index (χ4v) is 3.01. The fourth-order valence-electron chi connectivity index (χ4n) is 1.95. The zero-order valence-electron chi connectivity index (χ0n) is 10.7. The van der Waals surface area contributed by atoms with Gasteiger partial charge < -0.3 is 5.32 Å². The van der Waals surface area contributed by atoms with E-state index in [0.29, 0.717) is 10.6 Å². The molecule has 0 aliphatic heterocycles. The summed E-state index contributed by atoms with van der Waals surface area (Å²) in [6, 6.07) is 12.6. The molecule has 0 aliphatic carbocycles. The second-order valence-electron chi connectivity index (χ2n) is 4.38. The van der Waals surface area contributed by atoms with Crippen LogP contribution in [-0.4, -0.2) is 10.9 Å². The Kier molecular flexibility index (Phi) is 3.42. The molecule has 1 heterocycles. The van der Waals surface area contributed by atoms with Crippen LogP contribution in [0.4, 0.5) is 5.69 Å². The molecule has 2 aromatic carbocycles. The molecular weight excluding hydrogens is 292 g/mol. The van der Waals surface area contributed by atoms with Gasteiger partial charge in [0.05, 0.1) is 15.2 Å². The molecule has 1 aromatic heterocycles. The average molecular weight is 303 g/mol. The van der Waals surface area contributed by atoms with Crippen LogP contribution < -0.4 is 5.32 Å². The molecule has 3 aromatic rings. The lowest BCUT2D eigenvalue weighted by Gasteiger charge is -2.05. The van der Waals surface area contributed by atoms with Crippen molar-refractivity contribution in [1.29, 1.82) is 0 Å². The Labute approximate surface area is 125 Å². The maximum Gasteiger partial charge on any atom is 0.255 e. The molecule has 0 saturated carbocycles. The molecule has 20 heavy (non-hydrogen) atoms. The molecule has 0 saturated heterocycles. The summed E-state index contributed by atoms with van der Waals surface area (Å²) in [5.41, 5.74) is 2.25. The van der Waals surface area contributed by atoms with E-state index in [1.165, 1.54) is 0 Å². The summed E-state index contributed by atoms with van der Waals surface area (Å²) in [6.07, 6.45) is 0. The second kappa shape index (κ2) is 5.23. The van der Waals surface area contributed by atoms with E-state index in [9.17, 15) is 4.79 Å². The van der Waals surface area contributed by atoms with Crippen molar-refractivity contribution in [2.24, 2.45) is 0 Å². The number of nitrogens with zero attached hydrogens (tertiary/aromatic N) is 1. The number of aromatic nitrogens is 1. The fraction of sp³-hybridized carbons (Fsp3) is 0.0667. The van der Waals surface area contributed by atoms with Crippen LogP contribution in [0.3, 0.4) is 0 Å². The summed E-state index contributed by atoms with van der Waals surface area (Å²) in [6.45, 7) is 1.97. The third-order valence-electron chi connectivity index (χ3n) is 2.84. The Hall–Kier alpha value is -1.91. The third kappa shape index (κ3) is 2.66. The molecule has 0 atom stereocenters. The van der Waals surface area contributed by atoms with Gasteiger partial charge in [0.2, 0.25) is 0 Å². The Balaban J connectivity index is 1.87. The highest BCUT2D eigenvalue weighted by molar-refractivity contribution is 7.18. The van der Waals surface area contributed by atoms with Gasteiger partial charge in [-0.3, -0.25) is 4.79 Å². The first kappa shape index (κ1) is 13.1. The smallest absolute Gasteiger partial charge is 0.255 e. The van der Waals surface area contributed by atoms with E-state index in [2.05, 4.69) is 10.3 Å². The summed E-state index contributed by atoms with van der Waals surface area (Å²) >= 11 is 7.49. The zero-order valence-corrected chi connectivity index (χ0v) is 12.3. The van der Waals surface area contributed by atoms with Gasteiger partial charge in [-0.1, -0.05) is 17.7 Å². The van der Waals surface area contributed by atoms with Crippen LogP contribution in [0.2, 0.25) is 5.02 Å². The predicted molar refractivity (Wildman–Crippen MR) is 83.8 cm³/mol. The van der Waals surface area contributed by atoms with E-state index in [-0.39, 0.29) is 5.91 Å². The van der Waals surface area contributed by atoms with Gasteiger partial charge in [0, 0.05) is 16.3 Å². The minimum Gasteiger partial charge on any atom is -0.322 e. The lowest BCUT2D eigenvalue weighted by atomic mass is 10.2. The zero-order chi connectivity index (χ0) is 14.1. The number of halogens is 1. The van der Waals surface area contributed by atoms with Crippen LogP contribution in [0.1, 0.15) is 15.4 Å². The summed E-state index contributed by atoms with van der Waals surface area (Å²) in [5, 5.41) is 4.43. The number of hydrogen-bond donors (Lipinski definition) is 1. The van der Waals surface area contributed by atoms with Crippen molar-refractivity contribution in [3.8, 4) is 0 Å². The van der Waals surface area contributed by atoms with Crippen molar-refractivity contribution in [2.75, 3.05) is 5.32 Å². The molecule has 0 bridgehead atoms. The molecule has 0 fully saturated rings. The van der Waals surface area contributed by atoms with Crippen molar-refractivity contribution >= 4 is 44.7 Å². The predicted octanol–water partition coefficient (Wildman–Crippen LogP) is 4.51. The van der Waals surface area contributed by atoms with E-state index in [4.69, 9.17) is 11.6 Å². The Bertz CT molecular complexity index is 797. The molecule has 3 nitrogen and oxygen atoms in total. The number of hydrogen-bond acceptors (Lipinski definition) is 3. The topological polar surface area (TPSA) is 42.0 Å². The van der Waals surface area contributed by atoms with E-state index >= 15 is 0 Å². The van der Waals surface area contributed by atoms with Crippen LogP contribution in [0.25, 0.3) is 10.2 Å². The molecule has 3 rings (SSSR count). The molecule has 1 N–H and O–H groups in total. The number of benzene rings is 2. The van der Waals surface area contributed by atoms with Gasteiger partial charge in [0.25, 0.3) is 5.91 Å². The van der Waals surface area contributed by atoms with Crippen molar-refractivity contribution in [3.05, 3.63) is 58.1 Å². The number of carbonyl (C=O) groups excluding carboxylic acids is 1. The monoisotopic (exact) mass is 302 g/mol. The largest absolute Gasteiger partial charge is 0.322 e. The molecule has 0 spiro atoms. The minimum atomic E-state index is -0.173. The number of aryl methyl sites for hydroxylation is 1. The van der Waals surface area contributed by atoms with E-state index < -0.39 is 0 Å². The van der Waals surface area contributed by atoms with Crippen LogP contribution >= 0.6 is 22.9 Å². The molecular formula is C15H11ClN2OS. The van der Waals surface area contributed by atoms with Gasteiger partial charge in [0.15, 0.2) is 0 Å². The quantitative estimate of drug-likeness (QED) is 0.756. The number of nitrogens with one attached hydrogen (secondary N) is 1. The van der Waals surface area contributed by atoms with E-state index in [1.807, 2.05) is 25.1 Å². The van der Waals surface area contributed by atoms with Crippen molar-refractivity contribution in [3.63, 3.8) is 0 Å². The lowest BCUT2D eigenvalue weighted by molar-refractivity contribution is 0.102. The van der Waals surface area contributed by atoms with Gasteiger partial charge in [-0.15, -0.1) is 11.3 Å². The van der Waals surface area contributed by atoms with Crippen LogP contribution in [-0.2, 0) is 0 Å². The van der Waals surface area contributed by atoms with Crippen LogP contribution in [0, 0.1) is 6.92 Å². The number of thiazole rings is 1. The second-order valence-corrected chi connectivity index (χ2v) is 6.05. The highest BCUT2D eigenvalue weighted by Crippen LogP contribution is 2.25. The Morgan fingerprint density at radius 3 is 2.90 bits per heavy atom. The number of fused-ring (bicyclic) bond motifs is 1. The first-order valence-corrected chi connectivity index (χ1v) is 7.25. The lowest BCUT2D eigenvalue weighted by Crippen LogP contribution is -2.11. The first-order valence-electron chi connectivity index (χ1n) is 6.06. The number of carbonyl (C=O) groups is 1. The minimum absolute atomic E-state index is 0.173. The summed E-state index contributed by atoms with van der Waals surface area (Å²) in [4.78, 5) is 16.5. The molecule has 100 valence electrons. The normalized spacial score (nSPS) is 10.7. The summed E-state index contributed by atoms with van der Waals surface area (Å²) in [5.74, 6) is -0.173. The SMILES string of the molecule is Cc1nc2ccc(NC(=O)c3cccc(Cl)c3)cc2s1. The molecule has 5 heteroatoms. The number of anilines is 1. The summed E-state index contributed by atoms with van der Waals surface area (Å²) in [7, 11) is 0. The maximum absolute atomic E-state index is 12.1. The molecule has 0 unspecified atom stereocenters. The van der Waals surface area contributed by atoms with Crippen LogP contribution in [0.5, 0.6) is 0 Å². The van der Waals surface area contributed by atoms with Gasteiger partial charge in [-0.25, -0.2) is 4.98 Å². The summed E-state index contributed by atoms with van der Waals surface area (Å²) < 4.78 is 1.06. The number of rotatable bonds is 2. The number of amides is 1. The molecule has 1 amide bonds. The van der Waals surface area contributed by atoms with Gasteiger partial charge in [0.1, 0.15) is 0 Å². The van der Waals surface area contributed by atoms with Crippen molar-refractivity contribution < 1.29 is 4.79 Å². The van der Waals surface area contributed by atoms with Gasteiger partial charge >= 0.3 is 0 Å². The molecule has 0 radical (unpaired) electrons. The maximum atomic E-state index is 12.1. The standard InChI is InChI=1S/C15H11ClN2OS/c1-9-17-13-6-5-12(8-14(13)20-9)18-15(19)10-3-2-4-11(16)7-10/h2-8H,1H3,(H,18,19). The first-order chi connectivity index (χ1) is 9.61. The van der Waals surface area contributed by atoms with Crippen LogP contribution in [0.15, 0.2) is 42.5 Å². The molecule has 0 aliphatic rings. The highest BCUT2D eigenvalue weighted by atomic mass is 35.5. The Morgan fingerprint density at radius 2 is 2.10 bits per heavy atom. The Morgan fingerprint density at radius 1 is 1.25 bits per heavy atom.